The largest absolute Gasteiger partial charge is 0.395 e. The van der Waals surface area contributed by atoms with Gasteiger partial charge in [-0.2, -0.15) is 0 Å². The molecule has 0 radical (unpaired) electrons. The van der Waals surface area contributed by atoms with Crippen molar-refractivity contribution in [2.24, 2.45) is 0 Å². The monoisotopic (exact) mass is 300 g/mol. The van der Waals surface area contributed by atoms with Gasteiger partial charge in [-0.05, 0) is 32.4 Å². The molecule has 5 nitrogen and oxygen atoms in total. The molecular weight excluding hydrogens is 268 g/mol. The van der Waals surface area contributed by atoms with Crippen LogP contribution in [0.25, 0.3) is 0 Å². The second kappa shape index (κ2) is 12.0. The summed E-state index contributed by atoms with van der Waals surface area (Å²) < 4.78 is 5.77. The molecule has 1 amide bonds. The summed E-state index contributed by atoms with van der Waals surface area (Å²) in [6.45, 7) is 5.92. The average Bonchev–Trinajstić information content (AvgIpc) is 2.51. The summed E-state index contributed by atoms with van der Waals surface area (Å²) in [4.78, 5) is 13.9. The van der Waals surface area contributed by atoms with Gasteiger partial charge in [-0.15, -0.1) is 0 Å². The molecule has 0 aromatic heterocycles. The Morgan fingerprint density at radius 1 is 1.24 bits per heavy atom. The van der Waals surface area contributed by atoms with Crippen LogP contribution >= 0.6 is 0 Å². The minimum absolute atomic E-state index is 0.0364. The first-order valence-corrected chi connectivity index (χ1v) is 8.49. The van der Waals surface area contributed by atoms with E-state index in [1.54, 1.807) is 4.90 Å². The van der Waals surface area contributed by atoms with Crippen LogP contribution in [0.15, 0.2) is 0 Å². The zero-order valence-corrected chi connectivity index (χ0v) is 13.5. The van der Waals surface area contributed by atoms with Gasteiger partial charge in [0.2, 0.25) is 5.91 Å². The molecule has 1 saturated heterocycles. The summed E-state index contributed by atoms with van der Waals surface area (Å²) in [6, 6.07) is 0. The van der Waals surface area contributed by atoms with Gasteiger partial charge in [-0.1, -0.05) is 26.2 Å². The zero-order chi connectivity index (χ0) is 15.3. The molecule has 5 heteroatoms. The molecule has 2 N–H and O–H groups in total. The Labute approximate surface area is 129 Å². The van der Waals surface area contributed by atoms with Crippen molar-refractivity contribution in [3.05, 3.63) is 0 Å². The molecule has 0 aromatic rings. The van der Waals surface area contributed by atoms with Crippen LogP contribution in [0.3, 0.4) is 0 Å². The van der Waals surface area contributed by atoms with E-state index in [1.807, 2.05) is 0 Å². The van der Waals surface area contributed by atoms with Crippen molar-refractivity contribution in [2.45, 2.75) is 58.0 Å². The van der Waals surface area contributed by atoms with Crippen molar-refractivity contribution in [3.8, 4) is 0 Å². The van der Waals surface area contributed by atoms with Gasteiger partial charge >= 0.3 is 0 Å². The van der Waals surface area contributed by atoms with Crippen LogP contribution in [0, 0.1) is 0 Å². The first-order chi connectivity index (χ1) is 10.3. The second-order valence-corrected chi connectivity index (χ2v) is 5.74. The molecule has 0 bridgehead atoms. The SMILES string of the molecule is CCCCCCN(CCO)C(=O)CCOC1CCNCC1. The molecular formula is C16H32N2O3. The van der Waals surface area contributed by atoms with Crippen LogP contribution in [-0.2, 0) is 9.53 Å². The lowest BCUT2D eigenvalue weighted by Crippen LogP contribution is -2.36. The topological polar surface area (TPSA) is 61.8 Å². The van der Waals surface area contributed by atoms with E-state index in [9.17, 15) is 4.79 Å². The van der Waals surface area contributed by atoms with Crippen LogP contribution in [0.4, 0.5) is 0 Å². The van der Waals surface area contributed by atoms with Crippen molar-refractivity contribution >= 4 is 5.91 Å². The maximum absolute atomic E-state index is 12.2. The molecule has 0 spiro atoms. The lowest BCUT2D eigenvalue weighted by molar-refractivity contribution is -0.133. The van der Waals surface area contributed by atoms with Gasteiger partial charge in [-0.3, -0.25) is 4.79 Å². The first kappa shape index (κ1) is 18.4. The fraction of sp³-hybridized carbons (Fsp3) is 0.938. The number of ether oxygens (including phenoxy) is 1. The van der Waals surface area contributed by atoms with E-state index < -0.39 is 0 Å². The zero-order valence-electron chi connectivity index (χ0n) is 13.5. The van der Waals surface area contributed by atoms with Gasteiger partial charge in [0, 0.05) is 13.1 Å². The van der Waals surface area contributed by atoms with Crippen LogP contribution in [0.1, 0.15) is 51.9 Å². The molecule has 21 heavy (non-hydrogen) atoms. The number of carbonyl (C=O) groups excluding carboxylic acids is 1. The Morgan fingerprint density at radius 3 is 2.67 bits per heavy atom. The fourth-order valence-corrected chi connectivity index (χ4v) is 2.64. The Bertz CT molecular complexity index is 268. The maximum Gasteiger partial charge on any atom is 0.224 e. The van der Waals surface area contributed by atoms with E-state index in [4.69, 9.17) is 9.84 Å². The van der Waals surface area contributed by atoms with Crippen molar-refractivity contribution in [1.82, 2.24) is 10.2 Å². The third-order valence-corrected chi connectivity index (χ3v) is 3.96. The van der Waals surface area contributed by atoms with Gasteiger partial charge in [0.05, 0.1) is 25.7 Å². The minimum atomic E-state index is 0.0364. The van der Waals surface area contributed by atoms with Crippen LogP contribution < -0.4 is 5.32 Å². The van der Waals surface area contributed by atoms with Gasteiger partial charge in [0.15, 0.2) is 0 Å². The number of aliphatic hydroxyl groups is 1. The molecule has 1 rings (SSSR count). The van der Waals surface area contributed by atoms with Gasteiger partial charge in [0.1, 0.15) is 0 Å². The molecule has 1 aliphatic heterocycles. The first-order valence-electron chi connectivity index (χ1n) is 8.49. The molecule has 0 atom stereocenters. The molecule has 1 heterocycles. The van der Waals surface area contributed by atoms with Crippen LogP contribution in [-0.4, -0.2) is 61.4 Å². The van der Waals surface area contributed by atoms with E-state index in [1.165, 1.54) is 12.8 Å². The highest BCUT2D eigenvalue weighted by Crippen LogP contribution is 2.08. The number of unbranched alkanes of at least 4 members (excludes halogenated alkanes) is 3. The van der Waals surface area contributed by atoms with Gasteiger partial charge < -0.3 is 20.1 Å². The standard InChI is InChI=1S/C16H32N2O3/c1-2-3-4-5-11-18(12-13-19)16(20)8-14-21-15-6-9-17-10-7-15/h15,17,19H,2-14H2,1H3. The lowest BCUT2D eigenvalue weighted by atomic mass is 10.1. The summed E-state index contributed by atoms with van der Waals surface area (Å²) in [5, 5.41) is 12.4. The average molecular weight is 300 g/mol. The van der Waals surface area contributed by atoms with Crippen LogP contribution in [0.2, 0.25) is 0 Å². The van der Waals surface area contributed by atoms with E-state index >= 15 is 0 Å². The summed E-state index contributed by atoms with van der Waals surface area (Å²) in [7, 11) is 0. The maximum atomic E-state index is 12.2. The summed E-state index contributed by atoms with van der Waals surface area (Å²) in [5.74, 6) is 0.106. The van der Waals surface area contributed by atoms with Crippen molar-refractivity contribution in [3.63, 3.8) is 0 Å². The van der Waals surface area contributed by atoms with E-state index in [2.05, 4.69) is 12.2 Å². The third kappa shape index (κ3) is 8.39. The molecule has 0 unspecified atom stereocenters. The predicted octanol–water partition coefficient (Wildman–Crippen LogP) is 1.55. The number of amides is 1. The van der Waals surface area contributed by atoms with Gasteiger partial charge in [0.25, 0.3) is 0 Å². The van der Waals surface area contributed by atoms with Crippen molar-refractivity contribution < 1.29 is 14.6 Å². The number of aliphatic hydroxyl groups excluding tert-OH is 1. The highest BCUT2D eigenvalue weighted by molar-refractivity contribution is 5.76. The molecule has 0 aliphatic carbocycles. The molecule has 124 valence electrons. The van der Waals surface area contributed by atoms with Crippen molar-refractivity contribution in [1.29, 1.82) is 0 Å². The van der Waals surface area contributed by atoms with E-state index in [-0.39, 0.29) is 12.5 Å². The summed E-state index contributed by atoms with van der Waals surface area (Å²) in [5.41, 5.74) is 0. The number of nitrogens with zero attached hydrogens (tertiary/aromatic N) is 1. The number of hydrogen-bond donors (Lipinski definition) is 2. The van der Waals surface area contributed by atoms with Gasteiger partial charge in [-0.25, -0.2) is 0 Å². The number of nitrogens with one attached hydrogen (secondary N) is 1. The lowest BCUT2D eigenvalue weighted by Gasteiger charge is -2.24. The Morgan fingerprint density at radius 2 is 2.00 bits per heavy atom. The molecule has 0 aromatic carbocycles. The fourth-order valence-electron chi connectivity index (χ4n) is 2.64. The molecule has 0 saturated carbocycles. The van der Waals surface area contributed by atoms with Crippen molar-refractivity contribution in [2.75, 3.05) is 39.4 Å². The molecule has 1 aliphatic rings. The Balaban J connectivity index is 2.17. The predicted molar refractivity (Wildman–Crippen MR) is 84.3 cm³/mol. The highest BCUT2D eigenvalue weighted by atomic mass is 16.5. The quantitative estimate of drug-likeness (QED) is 0.568. The summed E-state index contributed by atoms with van der Waals surface area (Å²) >= 11 is 0. The normalized spacial score (nSPS) is 16.1. The molecule has 1 fully saturated rings. The Hall–Kier alpha value is -0.650. The number of piperidine rings is 1. The summed E-state index contributed by atoms with van der Waals surface area (Å²) in [6.07, 6.45) is 7.37. The highest BCUT2D eigenvalue weighted by Gasteiger charge is 2.16. The third-order valence-electron chi connectivity index (χ3n) is 3.96. The Kier molecular flexibility index (Phi) is 10.5. The van der Waals surface area contributed by atoms with E-state index in [0.717, 1.165) is 45.3 Å². The number of rotatable bonds is 11. The number of carbonyl (C=O) groups is 1. The van der Waals surface area contributed by atoms with E-state index in [0.29, 0.717) is 25.7 Å². The minimum Gasteiger partial charge on any atom is -0.395 e. The smallest absolute Gasteiger partial charge is 0.224 e. The second-order valence-electron chi connectivity index (χ2n) is 5.74. The number of hydrogen-bond acceptors (Lipinski definition) is 4. The van der Waals surface area contributed by atoms with Crippen LogP contribution in [0.5, 0.6) is 0 Å².